The van der Waals surface area contributed by atoms with Gasteiger partial charge in [0.25, 0.3) is 0 Å². The number of esters is 2. The van der Waals surface area contributed by atoms with E-state index in [1.165, 1.54) is 7.11 Å². The topological polar surface area (TPSA) is 52.6 Å². The number of benzene rings is 2. The number of rotatable bonds is 3. The summed E-state index contributed by atoms with van der Waals surface area (Å²) in [4.78, 5) is 23.4. The quantitative estimate of drug-likeness (QED) is 0.623. The van der Waals surface area contributed by atoms with Crippen LogP contribution in [0.1, 0.15) is 21.5 Å². The van der Waals surface area contributed by atoms with Crippen LogP contribution in [0.5, 0.6) is 0 Å². The zero-order valence-electron chi connectivity index (χ0n) is 12.8. The van der Waals surface area contributed by atoms with Gasteiger partial charge in [0.15, 0.2) is 0 Å². The van der Waals surface area contributed by atoms with Crippen LogP contribution in [0.3, 0.4) is 0 Å². The molecule has 120 valence electrons. The van der Waals surface area contributed by atoms with Crippen molar-refractivity contribution in [3.8, 4) is 0 Å². The number of methoxy groups -OCH3 is 1. The molecule has 0 saturated heterocycles. The largest absolute Gasteiger partial charge is 0.465 e. The Morgan fingerprint density at radius 1 is 1.08 bits per heavy atom. The Labute approximate surface area is 144 Å². The van der Waals surface area contributed by atoms with Crippen LogP contribution in [0.25, 0.3) is 11.8 Å². The van der Waals surface area contributed by atoms with Crippen molar-refractivity contribution in [2.24, 2.45) is 0 Å². The molecule has 1 aliphatic rings. The monoisotopic (exact) mass is 340 g/mol. The summed E-state index contributed by atoms with van der Waals surface area (Å²) in [5.41, 5.74) is 2.44. The lowest BCUT2D eigenvalue weighted by Crippen LogP contribution is -2.00. The molecule has 5 heteroatoms. The van der Waals surface area contributed by atoms with E-state index in [0.717, 1.165) is 11.1 Å². The van der Waals surface area contributed by atoms with Gasteiger partial charge in [-0.1, -0.05) is 23.7 Å². The summed E-state index contributed by atoms with van der Waals surface area (Å²) in [5, 5.41) is 0.616. The van der Waals surface area contributed by atoms with Crippen molar-refractivity contribution < 1.29 is 19.1 Å². The van der Waals surface area contributed by atoms with Crippen molar-refractivity contribution in [3.05, 3.63) is 81.9 Å². The predicted molar refractivity (Wildman–Crippen MR) is 91.3 cm³/mol. The zero-order valence-corrected chi connectivity index (χ0v) is 13.5. The van der Waals surface area contributed by atoms with E-state index in [1.54, 1.807) is 60.7 Å². The molecule has 0 spiro atoms. The number of halogens is 1. The molecular formula is C19H13ClO4. The fourth-order valence-corrected chi connectivity index (χ4v) is 2.38. The molecule has 0 radical (unpaired) electrons. The molecule has 0 unspecified atom stereocenters. The molecule has 4 nitrogen and oxygen atoms in total. The van der Waals surface area contributed by atoms with Gasteiger partial charge in [0, 0.05) is 10.6 Å². The summed E-state index contributed by atoms with van der Waals surface area (Å²) in [6, 6.07) is 13.8. The van der Waals surface area contributed by atoms with Gasteiger partial charge < -0.3 is 9.47 Å². The second-order valence-corrected chi connectivity index (χ2v) is 5.55. The summed E-state index contributed by atoms with van der Waals surface area (Å²) in [5.74, 6) is -0.342. The molecule has 0 bridgehead atoms. The molecule has 3 rings (SSSR count). The van der Waals surface area contributed by atoms with Gasteiger partial charge in [0.2, 0.25) is 0 Å². The van der Waals surface area contributed by atoms with Gasteiger partial charge in [0.1, 0.15) is 5.76 Å². The minimum absolute atomic E-state index is 0.403. The maximum Gasteiger partial charge on any atom is 0.343 e. The Morgan fingerprint density at radius 3 is 2.38 bits per heavy atom. The molecule has 2 aromatic carbocycles. The van der Waals surface area contributed by atoms with E-state index in [0.29, 0.717) is 21.9 Å². The van der Waals surface area contributed by atoms with E-state index < -0.39 is 11.9 Å². The van der Waals surface area contributed by atoms with E-state index in [9.17, 15) is 9.59 Å². The van der Waals surface area contributed by atoms with Gasteiger partial charge in [-0.2, -0.15) is 0 Å². The van der Waals surface area contributed by atoms with E-state index >= 15 is 0 Å². The van der Waals surface area contributed by atoms with Crippen LogP contribution >= 0.6 is 11.6 Å². The highest BCUT2D eigenvalue weighted by molar-refractivity contribution is 6.30. The molecule has 0 fully saturated rings. The lowest BCUT2D eigenvalue weighted by Gasteiger charge is -2.01. The standard InChI is InChI=1S/C19H13ClO4/c1-23-18(21)14-4-2-12(3-5-14)10-15-11-17(24-19(15)22)13-6-8-16(20)9-7-13/h2-11H,1H3/b15-10-. The second kappa shape index (κ2) is 6.72. The second-order valence-electron chi connectivity index (χ2n) is 5.12. The van der Waals surface area contributed by atoms with E-state index in [1.807, 2.05) is 0 Å². The summed E-state index contributed by atoms with van der Waals surface area (Å²) in [6.45, 7) is 0. The Hall–Kier alpha value is -2.85. The molecule has 0 N–H and O–H groups in total. The lowest BCUT2D eigenvalue weighted by molar-refractivity contribution is -0.130. The lowest BCUT2D eigenvalue weighted by atomic mass is 10.1. The minimum atomic E-state index is -0.419. The highest BCUT2D eigenvalue weighted by Gasteiger charge is 2.21. The average Bonchev–Trinajstić information content (AvgIpc) is 2.96. The molecule has 24 heavy (non-hydrogen) atoms. The van der Waals surface area contributed by atoms with Gasteiger partial charge in [-0.25, -0.2) is 9.59 Å². The van der Waals surface area contributed by atoms with Crippen molar-refractivity contribution >= 4 is 35.4 Å². The van der Waals surface area contributed by atoms with Crippen molar-refractivity contribution in [3.63, 3.8) is 0 Å². The predicted octanol–water partition coefficient (Wildman–Crippen LogP) is 4.11. The third-order valence-corrected chi connectivity index (χ3v) is 3.76. The Bertz CT molecular complexity index is 846. The van der Waals surface area contributed by atoms with Crippen LogP contribution in [0.15, 0.2) is 60.2 Å². The normalized spacial score (nSPS) is 15.2. The van der Waals surface area contributed by atoms with Gasteiger partial charge in [-0.05, 0) is 54.1 Å². The molecule has 0 atom stereocenters. The molecule has 0 aromatic heterocycles. The number of carbonyl (C=O) groups excluding carboxylic acids is 2. The maximum absolute atomic E-state index is 12.0. The highest BCUT2D eigenvalue weighted by atomic mass is 35.5. The first-order valence-corrected chi connectivity index (χ1v) is 7.54. The van der Waals surface area contributed by atoms with Crippen molar-refractivity contribution in [2.75, 3.05) is 7.11 Å². The molecule has 0 aliphatic carbocycles. The van der Waals surface area contributed by atoms with Crippen LogP contribution < -0.4 is 0 Å². The fraction of sp³-hybridized carbons (Fsp3) is 0.0526. The average molecular weight is 341 g/mol. The number of carbonyl (C=O) groups is 2. The van der Waals surface area contributed by atoms with Crippen LogP contribution in [0.4, 0.5) is 0 Å². The van der Waals surface area contributed by atoms with Crippen molar-refractivity contribution in [1.82, 2.24) is 0 Å². The van der Waals surface area contributed by atoms with E-state index in [2.05, 4.69) is 4.74 Å². The van der Waals surface area contributed by atoms with Crippen LogP contribution in [0.2, 0.25) is 5.02 Å². The van der Waals surface area contributed by atoms with Crippen molar-refractivity contribution in [2.45, 2.75) is 0 Å². The van der Waals surface area contributed by atoms with E-state index in [4.69, 9.17) is 16.3 Å². The Balaban J connectivity index is 1.85. The third-order valence-electron chi connectivity index (χ3n) is 3.51. The number of cyclic esters (lactones) is 1. The highest BCUT2D eigenvalue weighted by Crippen LogP contribution is 2.28. The van der Waals surface area contributed by atoms with Gasteiger partial charge in [0.05, 0.1) is 18.2 Å². The van der Waals surface area contributed by atoms with Crippen LogP contribution in [0, 0.1) is 0 Å². The van der Waals surface area contributed by atoms with Gasteiger partial charge >= 0.3 is 11.9 Å². The third kappa shape index (κ3) is 3.39. The minimum Gasteiger partial charge on any atom is -0.465 e. The molecular weight excluding hydrogens is 328 g/mol. The summed E-state index contributed by atoms with van der Waals surface area (Å²) < 4.78 is 9.94. The fourth-order valence-electron chi connectivity index (χ4n) is 2.26. The van der Waals surface area contributed by atoms with Crippen LogP contribution in [-0.2, 0) is 14.3 Å². The van der Waals surface area contributed by atoms with Gasteiger partial charge in [-0.3, -0.25) is 0 Å². The summed E-state index contributed by atoms with van der Waals surface area (Å²) >= 11 is 5.86. The first-order valence-electron chi connectivity index (χ1n) is 7.17. The summed E-state index contributed by atoms with van der Waals surface area (Å²) in [7, 11) is 1.33. The van der Waals surface area contributed by atoms with Gasteiger partial charge in [-0.15, -0.1) is 0 Å². The first kappa shape index (κ1) is 16.0. The SMILES string of the molecule is COC(=O)c1ccc(/C=C2/C=C(c3ccc(Cl)cc3)OC2=O)cc1. The number of hydrogen-bond acceptors (Lipinski definition) is 4. The number of hydrogen-bond donors (Lipinski definition) is 0. The Kier molecular flexibility index (Phi) is 4.49. The van der Waals surface area contributed by atoms with E-state index in [-0.39, 0.29) is 0 Å². The molecule has 2 aromatic rings. The summed E-state index contributed by atoms with van der Waals surface area (Å²) in [6.07, 6.45) is 3.38. The maximum atomic E-state index is 12.0. The zero-order chi connectivity index (χ0) is 17.1. The van der Waals surface area contributed by atoms with Crippen molar-refractivity contribution in [1.29, 1.82) is 0 Å². The van der Waals surface area contributed by atoms with Crippen LogP contribution in [-0.4, -0.2) is 19.0 Å². The number of ether oxygens (including phenoxy) is 2. The molecule has 1 aliphatic heterocycles. The molecule has 1 heterocycles. The smallest absolute Gasteiger partial charge is 0.343 e. The molecule has 0 amide bonds. The Morgan fingerprint density at radius 2 is 1.75 bits per heavy atom. The molecule has 0 saturated carbocycles. The first-order chi connectivity index (χ1) is 11.6.